The summed E-state index contributed by atoms with van der Waals surface area (Å²) >= 11 is 9.36. The minimum Gasteiger partial charge on any atom is -0.388 e. The summed E-state index contributed by atoms with van der Waals surface area (Å²) in [4.78, 5) is 0. The first kappa shape index (κ1) is 12.4. The summed E-state index contributed by atoms with van der Waals surface area (Å²) in [6, 6.07) is 5.61. The van der Waals surface area contributed by atoms with Gasteiger partial charge >= 0.3 is 0 Å². The zero-order chi connectivity index (χ0) is 11.5. The second kappa shape index (κ2) is 5.50. The third-order valence-corrected chi connectivity index (χ3v) is 4.23. The van der Waals surface area contributed by atoms with Gasteiger partial charge in [-0.05, 0) is 52.4 Å². The molecule has 1 aromatic carbocycles. The number of hydrogen-bond donors (Lipinski definition) is 1. The molecule has 2 rings (SSSR count). The molecule has 0 aliphatic carbocycles. The fourth-order valence-electron chi connectivity index (χ4n) is 2.00. The summed E-state index contributed by atoms with van der Waals surface area (Å²) in [6.07, 6.45) is 1.39. The number of rotatable bonds is 2. The monoisotopic (exact) mass is 304 g/mol. The lowest BCUT2D eigenvalue weighted by Crippen LogP contribution is -2.21. The highest BCUT2D eigenvalue weighted by Crippen LogP contribution is 2.33. The van der Waals surface area contributed by atoms with E-state index in [0.717, 1.165) is 36.1 Å². The van der Waals surface area contributed by atoms with E-state index in [4.69, 9.17) is 16.3 Å². The predicted octanol–water partition coefficient (Wildman–Crippen LogP) is 3.56. The molecule has 1 N–H and O–H groups in total. The van der Waals surface area contributed by atoms with Crippen LogP contribution in [0.5, 0.6) is 0 Å². The number of hydrogen-bond acceptors (Lipinski definition) is 2. The SMILES string of the molecule is OC(c1ccc(Br)c(Cl)c1)C1CCOCC1. The summed E-state index contributed by atoms with van der Waals surface area (Å²) in [6.45, 7) is 1.48. The van der Waals surface area contributed by atoms with Crippen LogP contribution in [0, 0.1) is 5.92 Å². The standard InChI is InChI=1S/C12H14BrClO2/c13-10-2-1-9(7-11(10)14)12(15)8-3-5-16-6-4-8/h1-2,7-8,12,15H,3-6H2. The van der Waals surface area contributed by atoms with Crippen molar-refractivity contribution in [1.29, 1.82) is 0 Å². The Kier molecular flexibility index (Phi) is 4.25. The molecular formula is C12H14BrClO2. The lowest BCUT2D eigenvalue weighted by Gasteiger charge is -2.27. The van der Waals surface area contributed by atoms with Crippen LogP contribution >= 0.6 is 27.5 Å². The van der Waals surface area contributed by atoms with Crippen molar-refractivity contribution >= 4 is 27.5 Å². The lowest BCUT2D eigenvalue weighted by molar-refractivity contribution is 0.00718. The number of ether oxygens (including phenoxy) is 1. The average molecular weight is 306 g/mol. The maximum absolute atomic E-state index is 10.2. The molecule has 1 fully saturated rings. The highest BCUT2D eigenvalue weighted by molar-refractivity contribution is 9.10. The van der Waals surface area contributed by atoms with Gasteiger partial charge in [0.15, 0.2) is 0 Å². The van der Waals surface area contributed by atoms with Crippen LogP contribution in [0.3, 0.4) is 0 Å². The van der Waals surface area contributed by atoms with E-state index in [9.17, 15) is 5.11 Å². The van der Waals surface area contributed by atoms with Gasteiger partial charge in [-0.15, -0.1) is 0 Å². The van der Waals surface area contributed by atoms with Gasteiger partial charge in [-0.1, -0.05) is 17.7 Å². The summed E-state index contributed by atoms with van der Waals surface area (Å²) in [7, 11) is 0. The summed E-state index contributed by atoms with van der Waals surface area (Å²) in [5, 5.41) is 10.9. The normalized spacial score (nSPS) is 19.7. The third kappa shape index (κ3) is 2.77. The van der Waals surface area contributed by atoms with Crippen molar-refractivity contribution in [1.82, 2.24) is 0 Å². The zero-order valence-corrected chi connectivity index (χ0v) is 11.2. The van der Waals surface area contributed by atoms with E-state index >= 15 is 0 Å². The van der Waals surface area contributed by atoms with Crippen molar-refractivity contribution in [2.45, 2.75) is 18.9 Å². The molecule has 1 aliphatic heterocycles. The number of halogens is 2. The molecule has 1 heterocycles. The van der Waals surface area contributed by atoms with Crippen LogP contribution in [0.2, 0.25) is 5.02 Å². The first-order valence-electron chi connectivity index (χ1n) is 5.39. The Hall–Kier alpha value is -0.0900. The van der Waals surface area contributed by atoms with E-state index in [1.807, 2.05) is 18.2 Å². The molecule has 16 heavy (non-hydrogen) atoms. The molecule has 0 aromatic heterocycles. The first-order valence-corrected chi connectivity index (χ1v) is 6.56. The maximum atomic E-state index is 10.2. The van der Waals surface area contributed by atoms with Crippen molar-refractivity contribution in [3.8, 4) is 0 Å². The van der Waals surface area contributed by atoms with Crippen molar-refractivity contribution in [3.05, 3.63) is 33.3 Å². The molecule has 1 aromatic rings. The highest BCUT2D eigenvalue weighted by Gasteiger charge is 2.23. The molecule has 1 aliphatic rings. The van der Waals surface area contributed by atoms with Crippen LogP contribution < -0.4 is 0 Å². The molecule has 0 bridgehead atoms. The van der Waals surface area contributed by atoms with Crippen LogP contribution in [0.4, 0.5) is 0 Å². The minimum atomic E-state index is -0.436. The summed E-state index contributed by atoms with van der Waals surface area (Å²) in [5.41, 5.74) is 0.889. The molecule has 88 valence electrons. The molecule has 0 saturated carbocycles. The number of aliphatic hydroxyl groups is 1. The quantitative estimate of drug-likeness (QED) is 0.905. The minimum absolute atomic E-state index is 0.283. The van der Waals surface area contributed by atoms with Gasteiger partial charge < -0.3 is 9.84 Å². The van der Waals surface area contributed by atoms with Gasteiger partial charge in [0.2, 0.25) is 0 Å². The fraction of sp³-hybridized carbons (Fsp3) is 0.500. The Bertz CT molecular complexity index is 364. The largest absolute Gasteiger partial charge is 0.388 e. The van der Waals surface area contributed by atoms with Crippen molar-refractivity contribution in [2.24, 2.45) is 5.92 Å². The van der Waals surface area contributed by atoms with E-state index < -0.39 is 6.10 Å². The fourth-order valence-corrected chi connectivity index (χ4v) is 2.44. The Morgan fingerprint density at radius 3 is 2.69 bits per heavy atom. The molecule has 0 amide bonds. The topological polar surface area (TPSA) is 29.5 Å². The molecule has 1 saturated heterocycles. The molecule has 2 nitrogen and oxygen atoms in total. The highest BCUT2D eigenvalue weighted by atomic mass is 79.9. The Morgan fingerprint density at radius 1 is 1.38 bits per heavy atom. The van der Waals surface area contributed by atoms with Crippen LogP contribution in [0.15, 0.2) is 22.7 Å². The van der Waals surface area contributed by atoms with Crippen LogP contribution in [0.1, 0.15) is 24.5 Å². The first-order chi connectivity index (χ1) is 7.68. The van der Waals surface area contributed by atoms with Gasteiger partial charge in [-0.3, -0.25) is 0 Å². The predicted molar refractivity (Wildman–Crippen MR) is 67.7 cm³/mol. The van der Waals surface area contributed by atoms with Crippen molar-refractivity contribution in [2.75, 3.05) is 13.2 Å². The maximum Gasteiger partial charge on any atom is 0.0820 e. The zero-order valence-electron chi connectivity index (χ0n) is 8.83. The van der Waals surface area contributed by atoms with Gasteiger partial charge in [0.25, 0.3) is 0 Å². The lowest BCUT2D eigenvalue weighted by atomic mass is 9.89. The Labute approximate surface area is 109 Å². The second-order valence-corrected chi connectivity index (χ2v) is 5.33. The Balaban J connectivity index is 2.12. The van der Waals surface area contributed by atoms with Gasteiger partial charge in [0.1, 0.15) is 0 Å². The molecule has 0 spiro atoms. The number of benzene rings is 1. The molecule has 4 heteroatoms. The molecular weight excluding hydrogens is 291 g/mol. The molecule has 0 radical (unpaired) electrons. The molecule has 1 atom stereocenters. The third-order valence-electron chi connectivity index (χ3n) is 3.00. The number of aliphatic hydroxyl groups excluding tert-OH is 1. The van der Waals surface area contributed by atoms with E-state index in [0.29, 0.717) is 5.02 Å². The van der Waals surface area contributed by atoms with Crippen LogP contribution in [0.25, 0.3) is 0 Å². The smallest absolute Gasteiger partial charge is 0.0820 e. The van der Waals surface area contributed by atoms with Gasteiger partial charge in [0, 0.05) is 17.7 Å². The summed E-state index contributed by atoms with van der Waals surface area (Å²) in [5.74, 6) is 0.283. The van der Waals surface area contributed by atoms with E-state index in [1.165, 1.54) is 0 Å². The summed E-state index contributed by atoms with van der Waals surface area (Å²) < 4.78 is 6.14. The van der Waals surface area contributed by atoms with Crippen molar-refractivity contribution < 1.29 is 9.84 Å². The van der Waals surface area contributed by atoms with Gasteiger partial charge in [-0.2, -0.15) is 0 Å². The van der Waals surface area contributed by atoms with E-state index in [-0.39, 0.29) is 5.92 Å². The van der Waals surface area contributed by atoms with E-state index in [1.54, 1.807) is 0 Å². The van der Waals surface area contributed by atoms with Crippen LogP contribution in [-0.4, -0.2) is 18.3 Å². The van der Waals surface area contributed by atoms with E-state index in [2.05, 4.69) is 15.9 Å². The van der Waals surface area contributed by atoms with Gasteiger partial charge in [0.05, 0.1) is 11.1 Å². The average Bonchev–Trinajstić information content (AvgIpc) is 2.33. The van der Waals surface area contributed by atoms with Crippen LogP contribution in [-0.2, 0) is 4.74 Å². The Morgan fingerprint density at radius 2 is 2.06 bits per heavy atom. The van der Waals surface area contributed by atoms with Crippen molar-refractivity contribution in [3.63, 3.8) is 0 Å². The second-order valence-electron chi connectivity index (χ2n) is 4.07. The van der Waals surface area contributed by atoms with Gasteiger partial charge in [-0.25, -0.2) is 0 Å². The molecule has 1 unspecified atom stereocenters.